The molecular formula is C15H32N4O4. The predicted octanol–water partition coefficient (Wildman–Crippen LogP) is -0.991. The van der Waals surface area contributed by atoms with Gasteiger partial charge in [0.1, 0.15) is 6.04 Å². The fourth-order valence-electron chi connectivity index (χ4n) is 2.08. The quantitative estimate of drug-likeness (QED) is 0.237. The van der Waals surface area contributed by atoms with E-state index in [1.54, 1.807) is 13.8 Å². The molecule has 0 bridgehead atoms. The number of aliphatic hydroxyl groups excluding tert-OH is 1. The predicted molar refractivity (Wildman–Crippen MR) is 88.8 cm³/mol. The number of unbranched alkanes of at least 4 members (excludes halogenated alkanes) is 1. The van der Waals surface area contributed by atoms with Gasteiger partial charge in [0.15, 0.2) is 0 Å². The van der Waals surface area contributed by atoms with Crippen molar-refractivity contribution in [1.82, 2.24) is 10.6 Å². The van der Waals surface area contributed by atoms with Crippen LogP contribution >= 0.6 is 0 Å². The van der Waals surface area contributed by atoms with Crippen LogP contribution in [0.3, 0.4) is 0 Å². The molecule has 0 spiro atoms. The Hall–Kier alpha value is -1.22. The normalized spacial score (nSPS) is 15.2. The third kappa shape index (κ3) is 10.2. The SMILES string of the molecule is CC(C)[C@H](NC(=O)[C@@H](N)CCCCNC[C@@H](O)CCN)C(=O)O. The van der Waals surface area contributed by atoms with Crippen molar-refractivity contribution in [2.24, 2.45) is 17.4 Å². The van der Waals surface area contributed by atoms with Crippen LogP contribution in [0.4, 0.5) is 0 Å². The number of carbonyl (C=O) groups excluding carboxylic acids is 1. The Bertz CT molecular complexity index is 352. The Balaban J connectivity index is 3.86. The lowest BCUT2D eigenvalue weighted by atomic mass is 10.0. The second kappa shape index (κ2) is 12.2. The van der Waals surface area contributed by atoms with E-state index in [1.807, 2.05) is 0 Å². The number of rotatable bonds is 13. The summed E-state index contributed by atoms with van der Waals surface area (Å²) in [4.78, 5) is 22.9. The molecular weight excluding hydrogens is 300 g/mol. The van der Waals surface area contributed by atoms with Gasteiger partial charge in [-0.1, -0.05) is 20.3 Å². The molecule has 3 atom stereocenters. The van der Waals surface area contributed by atoms with Crippen LogP contribution in [0.2, 0.25) is 0 Å². The van der Waals surface area contributed by atoms with E-state index in [2.05, 4.69) is 10.6 Å². The van der Waals surface area contributed by atoms with Crippen molar-refractivity contribution in [3.8, 4) is 0 Å². The van der Waals surface area contributed by atoms with Gasteiger partial charge in [0.2, 0.25) is 5.91 Å². The van der Waals surface area contributed by atoms with E-state index in [4.69, 9.17) is 16.6 Å². The van der Waals surface area contributed by atoms with Crippen LogP contribution < -0.4 is 22.1 Å². The van der Waals surface area contributed by atoms with Gasteiger partial charge in [0.05, 0.1) is 12.1 Å². The molecule has 0 rings (SSSR count). The molecule has 1 amide bonds. The summed E-state index contributed by atoms with van der Waals surface area (Å²) in [5, 5.41) is 24.1. The number of aliphatic hydroxyl groups is 1. The average Bonchev–Trinajstić information content (AvgIpc) is 2.47. The van der Waals surface area contributed by atoms with E-state index in [1.165, 1.54) is 0 Å². The number of amides is 1. The van der Waals surface area contributed by atoms with Gasteiger partial charge in [-0.25, -0.2) is 4.79 Å². The first kappa shape index (κ1) is 21.8. The summed E-state index contributed by atoms with van der Waals surface area (Å²) in [6, 6.07) is -1.63. The number of carbonyl (C=O) groups is 2. The molecule has 0 heterocycles. The number of carboxylic acids is 1. The Morgan fingerprint density at radius 3 is 2.35 bits per heavy atom. The molecule has 0 aromatic rings. The average molecular weight is 332 g/mol. The third-order valence-electron chi connectivity index (χ3n) is 3.57. The summed E-state index contributed by atoms with van der Waals surface area (Å²) in [6.07, 6.45) is 2.19. The van der Waals surface area contributed by atoms with E-state index in [0.717, 1.165) is 19.4 Å². The fraction of sp³-hybridized carbons (Fsp3) is 0.867. The molecule has 0 aromatic heterocycles. The summed E-state index contributed by atoms with van der Waals surface area (Å²) in [5.74, 6) is -1.69. The maximum absolute atomic E-state index is 11.9. The Kier molecular flexibility index (Phi) is 11.6. The van der Waals surface area contributed by atoms with E-state index in [9.17, 15) is 14.7 Å². The van der Waals surface area contributed by atoms with Crippen LogP contribution in [0.25, 0.3) is 0 Å². The first-order valence-electron chi connectivity index (χ1n) is 8.17. The molecule has 0 aliphatic heterocycles. The summed E-state index contributed by atoms with van der Waals surface area (Å²) in [5.41, 5.74) is 11.1. The van der Waals surface area contributed by atoms with Crippen molar-refractivity contribution in [2.75, 3.05) is 19.6 Å². The van der Waals surface area contributed by atoms with Gasteiger partial charge in [0, 0.05) is 6.54 Å². The molecule has 0 aliphatic carbocycles. The monoisotopic (exact) mass is 332 g/mol. The highest BCUT2D eigenvalue weighted by molar-refractivity contribution is 5.86. The van der Waals surface area contributed by atoms with Crippen molar-refractivity contribution in [3.63, 3.8) is 0 Å². The maximum Gasteiger partial charge on any atom is 0.326 e. The number of nitrogens with one attached hydrogen (secondary N) is 2. The van der Waals surface area contributed by atoms with Crippen molar-refractivity contribution in [3.05, 3.63) is 0 Å². The van der Waals surface area contributed by atoms with Gasteiger partial charge in [-0.2, -0.15) is 0 Å². The zero-order valence-electron chi connectivity index (χ0n) is 14.1. The number of hydrogen-bond donors (Lipinski definition) is 6. The minimum absolute atomic E-state index is 0.201. The smallest absolute Gasteiger partial charge is 0.326 e. The Labute approximate surface area is 138 Å². The first-order valence-corrected chi connectivity index (χ1v) is 8.17. The third-order valence-corrected chi connectivity index (χ3v) is 3.57. The fourth-order valence-corrected chi connectivity index (χ4v) is 2.08. The number of nitrogens with two attached hydrogens (primary N) is 2. The molecule has 8 nitrogen and oxygen atoms in total. The Morgan fingerprint density at radius 2 is 1.83 bits per heavy atom. The van der Waals surface area contributed by atoms with Crippen LogP contribution in [0.5, 0.6) is 0 Å². The summed E-state index contributed by atoms with van der Waals surface area (Å²) in [7, 11) is 0. The summed E-state index contributed by atoms with van der Waals surface area (Å²) in [6.45, 7) is 5.14. The van der Waals surface area contributed by atoms with Crippen LogP contribution in [-0.2, 0) is 9.59 Å². The van der Waals surface area contributed by atoms with E-state index >= 15 is 0 Å². The van der Waals surface area contributed by atoms with Gasteiger partial charge >= 0.3 is 5.97 Å². The second-order valence-corrected chi connectivity index (χ2v) is 6.11. The number of hydrogen-bond acceptors (Lipinski definition) is 6. The molecule has 0 unspecified atom stereocenters. The van der Waals surface area contributed by atoms with E-state index < -0.39 is 30.1 Å². The highest BCUT2D eigenvalue weighted by atomic mass is 16.4. The number of carboxylic acid groups (broad SMARTS) is 1. The van der Waals surface area contributed by atoms with Crippen molar-refractivity contribution in [1.29, 1.82) is 0 Å². The molecule has 23 heavy (non-hydrogen) atoms. The molecule has 0 saturated heterocycles. The molecule has 136 valence electrons. The van der Waals surface area contributed by atoms with Gasteiger partial charge in [-0.15, -0.1) is 0 Å². The Morgan fingerprint density at radius 1 is 1.17 bits per heavy atom. The van der Waals surface area contributed by atoms with Crippen LogP contribution in [0.1, 0.15) is 39.5 Å². The van der Waals surface area contributed by atoms with Gasteiger partial charge in [-0.3, -0.25) is 4.79 Å². The minimum atomic E-state index is -1.05. The summed E-state index contributed by atoms with van der Waals surface area (Å²) < 4.78 is 0. The molecule has 0 radical (unpaired) electrons. The van der Waals surface area contributed by atoms with Crippen LogP contribution in [-0.4, -0.2) is 59.9 Å². The van der Waals surface area contributed by atoms with E-state index in [0.29, 0.717) is 25.9 Å². The second-order valence-electron chi connectivity index (χ2n) is 6.11. The standard InChI is InChI=1S/C15H32N4O4/c1-10(2)13(15(22)23)19-14(21)12(17)5-3-4-8-18-9-11(20)6-7-16/h10-13,18,20H,3-9,16-17H2,1-2H3,(H,19,21)(H,22,23)/t11-,12-,13-/m0/s1. The molecule has 0 aliphatic rings. The topological polar surface area (TPSA) is 151 Å². The minimum Gasteiger partial charge on any atom is -0.480 e. The lowest BCUT2D eigenvalue weighted by Gasteiger charge is -2.20. The zero-order chi connectivity index (χ0) is 17.8. The van der Waals surface area contributed by atoms with E-state index in [-0.39, 0.29) is 5.92 Å². The van der Waals surface area contributed by atoms with Crippen LogP contribution in [0.15, 0.2) is 0 Å². The van der Waals surface area contributed by atoms with Crippen molar-refractivity contribution < 1.29 is 19.8 Å². The van der Waals surface area contributed by atoms with Gasteiger partial charge in [0.25, 0.3) is 0 Å². The molecule has 8 heteroatoms. The van der Waals surface area contributed by atoms with Crippen molar-refractivity contribution >= 4 is 11.9 Å². The highest BCUT2D eigenvalue weighted by Crippen LogP contribution is 2.04. The first-order chi connectivity index (χ1) is 10.8. The largest absolute Gasteiger partial charge is 0.480 e. The molecule has 0 saturated carbocycles. The van der Waals surface area contributed by atoms with Crippen LogP contribution in [0, 0.1) is 5.92 Å². The number of aliphatic carboxylic acids is 1. The maximum atomic E-state index is 11.9. The summed E-state index contributed by atoms with van der Waals surface area (Å²) >= 11 is 0. The highest BCUT2D eigenvalue weighted by Gasteiger charge is 2.25. The molecule has 0 fully saturated rings. The lowest BCUT2D eigenvalue weighted by molar-refractivity contribution is -0.143. The molecule has 8 N–H and O–H groups in total. The zero-order valence-corrected chi connectivity index (χ0v) is 14.1. The molecule has 0 aromatic carbocycles. The van der Waals surface area contributed by atoms with Crippen molar-refractivity contribution in [2.45, 2.75) is 57.7 Å². The lowest BCUT2D eigenvalue weighted by Crippen LogP contribution is -2.50. The van der Waals surface area contributed by atoms with Gasteiger partial charge in [-0.05, 0) is 38.3 Å². The van der Waals surface area contributed by atoms with Gasteiger partial charge < -0.3 is 32.3 Å².